The fraction of sp³-hybridized carbons (Fsp3) is 0.238. The Labute approximate surface area is 166 Å². The normalized spacial score (nSPS) is 14.3. The van der Waals surface area contributed by atoms with Crippen molar-refractivity contribution in [3.63, 3.8) is 0 Å². The van der Waals surface area contributed by atoms with Crippen molar-refractivity contribution in [1.29, 1.82) is 5.26 Å². The molecule has 3 heterocycles. The van der Waals surface area contributed by atoms with E-state index in [-0.39, 0.29) is 17.5 Å². The molecule has 0 spiro atoms. The summed E-state index contributed by atoms with van der Waals surface area (Å²) in [6.07, 6.45) is 4.65. The van der Waals surface area contributed by atoms with E-state index in [4.69, 9.17) is 10.00 Å². The van der Waals surface area contributed by atoms with Gasteiger partial charge in [0.15, 0.2) is 5.82 Å². The number of aromatic nitrogens is 3. The molecular formula is C21H19N5O3. The van der Waals surface area contributed by atoms with E-state index in [2.05, 4.69) is 21.5 Å². The summed E-state index contributed by atoms with van der Waals surface area (Å²) in [5.74, 6) is 0.200. The van der Waals surface area contributed by atoms with Crippen LogP contribution in [0.15, 0.2) is 53.6 Å². The molecule has 1 amide bonds. The second-order valence-electron chi connectivity index (χ2n) is 6.78. The summed E-state index contributed by atoms with van der Waals surface area (Å²) in [7, 11) is 0. The molecule has 0 unspecified atom stereocenters. The number of carbonyl (C=O) groups excluding carboxylic acids is 1. The number of hydrogen-bond acceptors (Lipinski definition) is 5. The number of nitriles is 1. The lowest BCUT2D eigenvalue weighted by atomic mass is 10.1. The minimum absolute atomic E-state index is 0.108. The fourth-order valence-corrected chi connectivity index (χ4v) is 3.23. The van der Waals surface area contributed by atoms with E-state index < -0.39 is 0 Å². The Morgan fingerprint density at radius 3 is 2.62 bits per heavy atom. The van der Waals surface area contributed by atoms with Crippen molar-refractivity contribution in [1.82, 2.24) is 20.1 Å². The Kier molecular flexibility index (Phi) is 5.22. The summed E-state index contributed by atoms with van der Waals surface area (Å²) in [4.78, 5) is 29.4. The molecule has 8 heteroatoms. The lowest BCUT2D eigenvalue weighted by Gasteiger charge is -2.23. The van der Waals surface area contributed by atoms with Crippen LogP contribution in [0.4, 0.5) is 0 Å². The number of rotatable bonds is 4. The number of hydrogen-bond donors (Lipinski definition) is 2. The molecule has 1 saturated heterocycles. The Balaban J connectivity index is 1.52. The number of benzene rings is 1. The van der Waals surface area contributed by atoms with E-state index >= 15 is 0 Å². The first kappa shape index (κ1) is 18.7. The van der Waals surface area contributed by atoms with Gasteiger partial charge in [-0.15, -0.1) is 0 Å². The third-order valence-electron chi connectivity index (χ3n) is 4.89. The van der Waals surface area contributed by atoms with Gasteiger partial charge in [0.05, 0.1) is 22.8 Å². The van der Waals surface area contributed by atoms with E-state index in [1.165, 1.54) is 10.9 Å². The monoisotopic (exact) mass is 389 g/mol. The van der Waals surface area contributed by atoms with Crippen LogP contribution in [0.3, 0.4) is 0 Å². The lowest BCUT2D eigenvalue weighted by molar-refractivity contribution is 0.0696. The van der Waals surface area contributed by atoms with E-state index in [0.29, 0.717) is 41.3 Å². The molecule has 0 atom stereocenters. The Morgan fingerprint density at radius 1 is 1.21 bits per heavy atom. The third-order valence-corrected chi connectivity index (χ3v) is 4.89. The molecule has 0 radical (unpaired) electrons. The molecule has 1 fully saturated rings. The van der Waals surface area contributed by atoms with E-state index in [1.807, 2.05) is 0 Å². The van der Waals surface area contributed by atoms with Gasteiger partial charge >= 0.3 is 0 Å². The molecule has 3 aromatic rings. The van der Waals surface area contributed by atoms with Crippen molar-refractivity contribution in [2.45, 2.75) is 18.9 Å². The van der Waals surface area contributed by atoms with Crippen LogP contribution < -0.4 is 10.9 Å². The fourth-order valence-electron chi connectivity index (χ4n) is 3.23. The standard InChI is InChI=1S/C21H19N5O3/c22-11-14-1-3-15(4-2-14)18-13-24-26(21(18)28)19-6-5-16(12-23-19)20(27)25-17-7-9-29-10-8-17/h1-6,12-13,17,24H,7-10H2,(H,25,27). The second kappa shape index (κ2) is 8.12. The molecule has 146 valence electrons. The zero-order valence-electron chi connectivity index (χ0n) is 15.6. The molecule has 0 bridgehead atoms. The molecule has 0 aliphatic carbocycles. The topological polar surface area (TPSA) is 113 Å². The first-order valence-electron chi connectivity index (χ1n) is 9.32. The quantitative estimate of drug-likeness (QED) is 0.709. The highest BCUT2D eigenvalue weighted by Crippen LogP contribution is 2.16. The maximum atomic E-state index is 12.7. The van der Waals surface area contributed by atoms with Crippen molar-refractivity contribution in [2.24, 2.45) is 0 Å². The molecule has 8 nitrogen and oxygen atoms in total. The molecule has 0 saturated carbocycles. The molecule has 2 aromatic heterocycles. The summed E-state index contributed by atoms with van der Waals surface area (Å²) in [5, 5.41) is 14.8. The molecule has 2 N–H and O–H groups in total. The molecular weight excluding hydrogens is 370 g/mol. The third kappa shape index (κ3) is 3.95. The SMILES string of the molecule is N#Cc1ccc(-c2c[nH]n(-c3ccc(C(=O)NC4CCOCC4)cn3)c2=O)cc1. The smallest absolute Gasteiger partial charge is 0.280 e. The van der Waals surface area contributed by atoms with Gasteiger partial charge in [0.25, 0.3) is 11.5 Å². The minimum Gasteiger partial charge on any atom is -0.381 e. The maximum Gasteiger partial charge on any atom is 0.280 e. The Bertz CT molecular complexity index is 1100. The zero-order chi connectivity index (χ0) is 20.2. The first-order chi connectivity index (χ1) is 14.2. The van der Waals surface area contributed by atoms with Crippen LogP contribution in [-0.4, -0.2) is 39.9 Å². The molecule has 1 aliphatic rings. The van der Waals surface area contributed by atoms with Gasteiger partial charge < -0.3 is 10.1 Å². The summed E-state index contributed by atoms with van der Waals surface area (Å²) in [6, 6.07) is 12.2. The molecule has 29 heavy (non-hydrogen) atoms. The van der Waals surface area contributed by atoms with Crippen molar-refractivity contribution in [3.05, 3.63) is 70.3 Å². The first-order valence-corrected chi connectivity index (χ1v) is 9.32. The highest BCUT2D eigenvalue weighted by atomic mass is 16.5. The van der Waals surface area contributed by atoms with Gasteiger partial charge in [-0.3, -0.25) is 14.7 Å². The lowest BCUT2D eigenvalue weighted by Crippen LogP contribution is -2.38. The van der Waals surface area contributed by atoms with Crippen molar-refractivity contribution < 1.29 is 9.53 Å². The predicted octanol–water partition coefficient (Wildman–Crippen LogP) is 2.01. The number of H-pyrrole nitrogens is 1. The van der Waals surface area contributed by atoms with Gasteiger partial charge in [-0.1, -0.05) is 12.1 Å². The van der Waals surface area contributed by atoms with Gasteiger partial charge in [-0.25, -0.2) is 9.67 Å². The van der Waals surface area contributed by atoms with Crippen LogP contribution in [0.1, 0.15) is 28.8 Å². The predicted molar refractivity (Wildman–Crippen MR) is 106 cm³/mol. The van der Waals surface area contributed by atoms with Gasteiger partial charge in [0.1, 0.15) is 0 Å². The number of carbonyl (C=O) groups is 1. The number of aromatic amines is 1. The maximum absolute atomic E-state index is 12.7. The van der Waals surface area contributed by atoms with Crippen molar-refractivity contribution in [2.75, 3.05) is 13.2 Å². The number of amides is 1. The molecule has 4 rings (SSSR count). The zero-order valence-corrected chi connectivity index (χ0v) is 15.6. The van der Waals surface area contributed by atoms with Crippen LogP contribution >= 0.6 is 0 Å². The Hall–Kier alpha value is -3.70. The van der Waals surface area contributed by atoms with E-state index in [9.17, 15) is 9.59 Å². The van der Waals surface area contributed by atoms with Crippen LogP contribution in [0.25, 0.3) is 16.9 Å². The van der Waals surface area contributed by atoms with Gasteiger partial charge in [-0.2, -0.15) is 5.26 Å². The average molecular weight is 389 g/mol. The number of pyridine rings is 1. The van der Waals surface area contributed by atoms with Gasteiger partial charge in [-0.05, 0) is 42.7 Å². The summed E-state index contributed by atoms with van der Waals surface area (Å²) < 4.78 is 6.61. The van der Waals surface area contributed by atoms with E-state index in [1.54, 1.807) is 42.6 Å². The number of nitrogens with zero attached hydrogens (tertiary/aromatic N) is 3. The average Bonchev–Trinajstić information content (AvgIpc) is 3.16. The summed E-state index contributed by atoms with van der Waals surface area (Å²) >= 11 is 0. The van der Waals surface area contributed by atoms with Crippen LogP contribution in [0.5, 0.6) is 0 Å². The Morgan fingerprint density at radius 2 is 1.97 bits per heavy atom. The van der Waals surface area contributed by atoms with Crippen molar-refractivity contribution >= 4 is 5.91 Å². The largest absolute Gasteiger partial charge is 0.381 e. The van der Waals surface area contributed by atoms with Crippen LogP contribution in [0.2, 0.25) is 0 Å². The number of nitrogens with one attached hydrogen (secondary N) is 2. The highest BCUT2D eigenvalue weighted by molar-refractivity contribution is 5.94. The second-order valence-corrected chi connectivity index (χ2v) is 6.78. The van der Waals surface area contributed by atoms with Crippen LogP contribution in [-0.2, 0) is 4.74 Å². The number of ether oxygens (including phenoxy) is 1. The molecule has 1 aliphatic heterocycles. The van der Waals surface area contributed by atoms with Crippen LogP contribution in [0, 0.1) is 11.3 Å². The minimum atomic E-state index is -0.262. The molecule has 1 aromatic carbocycles. The summed E-state index contributed by atoms with van der Waals surface area (Å²) in [6.45, 7) is 1.30. The van der Waals surface area contributed by atoms with Crippen molar-refractivity contribution in [3.8, 4) is 23.0 Å². The summed E-state index contributed by atoms with van der Waals surface area (Å²) in [5.41, 5.74) is 1.88. The van der Waals surface area contributed by atoms with Gasteiger partial charge in [0.2, 0.25) is 0 Å². The van der Waals surface area contributed by atoms with Gasteiger partial charge in [0, 0.05) is 31.6 Å². The van der Waals surface area contributed by atoms with E-state index in [0.717, 1.165) is 12.8 Å². The highest BCUT2D eigenvalue weighted by Gasteiger charge is 2.17.